The molecule has 1 saturated carbocycles. The molecule has 108 valence electrons. The van der Waals surface area contributed by atoms with Crippen molar-refractivity contribution in [2.24, 2.45) is 11.8 Å². The van der Waals surface area contributed by atoms with Crippen LogP contribution in [0.15, 0.2) is 36.4 Å². The van der Waals surface area contributed by atoms with Crippen LogP contribution in [0.3, 0.4) is 0 Å². The molecule has 0 radical (unpaired) electrons. The van der Waals surface area contributed by atoms with Crippen LogP contribution in [-0.2, 0) is 4.79 Å². The lowest BCUT2D eigenvalue weighted by Crippen LogP contribution is -2.42. The molecule has 2 amide bonds. The second kappa shape index (κ2) is 5.40. The number of hydrogen-bond acceptors (Lipinski definition) is 3. The van der Waals surface area contributed by atoms with E-state index in [9.17, 15) is 9.59 Å². The highest BCUT2D eigenvalue weighted by atomic mass is 16.2. The number of H-pyrrole nitrogens is 1. The standard InChI is InChI=1S/C15H16N4O2/c1-9-7-11(9)14(20)18-19-15(21)13-8-12(16-17-13)10-5-3-2-4-6-10/h2-6,8-9,11H,7H2,1H3,(H,16,17)(H,18,20)(H,19,21)/t9-,11+/m0/s1. The molecular formula is C15H16N4O2. The zero-order valence-corrected chi connectivity index (χ0v) is 11.6. The van der Waals surface area contributed by atoms with E-state index in [0.29, 0.717) is 17.3 Å². The minimum Gasteiger partial charge on any atom is -0.273 e. The van der Waals surface area contributed by atoms with Crippen molar-refractivity contribution in [1.29, 1.82) is 0 Å². The molecule has 1 heterocycles. The number of benzene rings is 1. The minimum atomic E-state index is -0.411. The molecule has 0 aliphatic heterocycles. The highest BCUT2D eigenvalue weighted by Gasteiger charge is 2.39. The van der Waals surface area contributed by atoms with Crippen LogP contribution in [0.5, 0.6) is 0 Å². The van der Waals surface area contributed by atoms with Crippen LogP contribution in [0, 0.1) is 11.8 Å². The highest BCUT2D eigenvalue weighted by molar-refractivity contribution is 5.95. The third-order valence-electron chi connectivity index (χ3n) is 3.64. The number of hydrazine groups is 1. The smallest absolute Gasteiger partial charge is 0.273 e. The van der Waals surface area contributed by atoms with Crippen LogP contribution in [0.4, 0.5) is 0 Å². The highest BCUT2D eigenvalue weighted by Crippen LogP contribution is 2.37. The number of aromatic nitrogens is 2. The quantitative estimate of drug-likeness (QED) is 0.746. The van der Waals surface area contributed by atoms with Gasteiger partial charge in [0.2, 0.25) is 5.91 Å². The molecular weight excluding hydrogens is 268 g/mol. The van der Waals surface area contributed by atoms with Gasteiger partial charge in [-0.1, -0.05) is 37.3 Å². The molecule has 2 atom stereocenters. The number of carbonyl (C=O) groups is 2. The van der Waals surface area contributed by atoms with Crippen molar-refractivity contribution in [3.05, 3.63) is 42.1 Å². The molecule has 0 saturated heterocycles. The molecule has 0 spiro atoms. The average molecular weight is 284 g/mol. The summed E-state index contributed by atoms with van der Waals surface area (Å²) in [6.45, 7) is 2.01. The summed E-state index contributed by atoms with van der Waals surface area (Å²) in [4.78, 5) is 23.5. The predicted octanol–water partition coefficient (Wildman–Crippen LogP) is 1.49. The van der Waals surface area contributed by atoms with E-state index in [-0.39, 0.29) is 11.8 Å². The Balaban J connectivity index is 1.61. The fourth-order valence-electron chi connectivity index (χ4n) is 2.16. The maximum absolute atomic E-state index is 11.9. The van der Waals surface area contributed by atoms with Gasteiger partial charge in [-0.25, -0.2) is 0 Å². The summed E-state index contributed by atoms with van der Waals surface area (Å²) in [6, 6.07) is 11.2. The number of carbonyl (C=O) groups excluding carboxylic acids is 2. The van der Waals surface area contributed by atoms with Gasteiger partial charge < -0.3 is 0 Å². The lowest BCUT2D eigenvalue weighted by Gasteiger charge is -2.04. The third kappa shape index (κ3) is 2.94. The van der Waals surface area contributed by atoms with Crippen LogP contribution in [0.25, 0.3) is 11.3 Å². The molecule has 2 aromatic rings. The first kappa shape index (κ1) is 13.4. The van der Waals surface area contributed by atoms with Gasteiger partial charge in [0, 0.05) is 11.5 Å². The monoisotopic (exact) mass is 284 g/mol. The second-order valence-corrected chi connectivity index (χ2v) is 5.30. The molecule has 1 aromatic heterocycles. The molecule has 6 heteroatoms. The van der Waals surface area contributed by atoms with E-state index in [1.54, 1.807) is 6.07 Å². The molecule has 0 unspecified atom stereocenters. The zero-order valence-electron chi connectivity index (χ0n) is 11.6. The Labute approximate surface area is 121 Å². The van der Waals surface area contributed by atoms with Crippen LogP contribution in [0.2, 0.25) is 0 Å². The molecule has 0 bridgehead atoms. The Hall–Kier alpha value is -2.63. The maximum Gasteiger partial charge on any atom is 0.287 e. The van der Waals surface area contributed by atoms with Crippen molar-refractivity contribution in [3.8, 4) is 11.3 Å². The number of hydrogen-bond donors (Lipinski definition) is 3. The topological polar surface area (TPSA) is 86.9 Å². The van der Waals surface area contributed by atoms with Crippen molar-refractivity contribution >= 4 is 11.8 Å². The van der Waals surface area contributed by atoms with E-state index >= 15 is 0 Å². The molecule has 1 aliphatic carbocycles. The van der Waals surface area contributed by atoms with Crippen LogP contribution in [-0.4, -0.2) is 22.0 Å². The van der Waals surface area contributed by atoms with Crippen LogP contribution >= 0.6 is 0 Å². The molecule has 6 nitrogen and oxygen atoms in total. The second-order valence-electron chi connectivity index (χ2n) is 5.30. The first-order chi connectivity index (χ1) is 10.1. The Morgan fingerprint density at radius 2 is 1.95 bits per heavy atom. The molecule has 3 rings (SSSR count). The fraction of sp³-hybridized carbons (Fsp3) is 0.267. The van der Waals surface area contributed by atoms with E-state index < -0.39 is 5.91 Å². The van der Waals surface area contributed by atoms with Crippen molar-refractivity contribution in [2.45, 2.75) is 13.3 Å². The van der Waals surface area contributed by atoms with E-state index in [1.165, 1.54) is 0 Å². The fourth-order valence-corrected chi connectivity index (χ4v) is 2.16. The summed E-state index contributed by atoms with van der Waals surface area (Å²) < 4.78 is 0. The van der Waals surface area contributed by atoms with Crippen LogP contribution < -0.4 is 10.9 Å². The number of amides is 2. The van der Waals surface area contributed by atoms with Crippen LogP contribution in [0.1, 0.15) is 23.8 Å². The summed E-state index contributed by atoms with van der Waals surface area (Å²) in [5, 5.41) is 6.76. The Bertz CT molecular complexity index is 665. The van der Waals surface area contributed by atoms with Gasteiger partial charge in [-0.3, -0.25) is 25.5 Å². The summed E-state index contributed by atoms with van der Waals surface area (Å²) in [5.74, 6) is -0.129. The van der Waals surface area contributed by atoms with Crippen molar-refractivity contribution in [2.75, 3.05) is 0 Å². The van der Waals surface area contributed by atoms with Gasteiger partial charge in [0.05, 0.1) is 5.69 Å². The van der Waals surface area contributed by atoms with Crippen molar-refractivity contribution < 1.29 is 9.59 Å². The van der Waals surface area contributed by atoms with E-state index in [4.69, 9.17) is 0 Å². The van der Waals surface area contributed by atoms with Crippen molar-refractivity contribution in [1.82, 2.24) is 21.0 Å². The minimum absolute atomic E-state index is 0.0203. The van der Waals surface area contributed by atoms with E-state index in [2.05, 4.69) is 21.0 Å². The first-order valence-electron chi connectivity index (χ1n) is 6.86. The largest absolute Gasteiger partial charge is 0.287 e. The van der Waals surface area contributed by atoms with Gasteiger partial charge in [-0.2, -0.15) is 5.10 Å². The van der Waals surface area contributed by atoms with Gasteiger partial charge in [0.25, 0.3) is 5.91 Å². The van der Waals surface area contributed by atoms with Gasteiger partial charge in [-0.15, -0.1) is 0 Å². The molecule has 1 fully saturated rings. The Morgan fingerprint density at radius 3 is 2.62 bits per heavy atom. The SMILES string of the molecule is C[C@H]1C[C@H]1C(=O)NNC(=O)c1cc(-c2ccccc2)n[nH]1. The van der Waals surface area contributed by atoms with Crippen molar-refractivity contribution in [3.63, 3.8) is 0 Å². The van der Waals surface area contributed by atoms with E-state index in [1.807, 2.05) is 37.3 Å². The van der Waals surface area contributed by atoms with E-state index in [0.717, 1.165) is 12.0 Å². The summed E-state index contributed by atoms with van der Waals surface area (Å²) in [5.41, 5.74) is 6.74. The summed E-state index contributed by atoms with van der Waals surface area (Å²) in [6.07, 6.45) is 0.879. The predicted molar refractivity (Wildman–Crippen MR) is 76.9 cm³/mol. The van der Waals surface area contributed by atoms with Gasteiger partial charge in [0.1, 0.15) is 5.69 Å². The van der Waals surface area contributed by atoms with Gasteiger partial charge in [0.15, 0.2) is 0 Å². The normalized spacial score (nSPS) is 19.9. The third-order valence-corrected chi connectivity index (χ3v) is 3.64. The number of nitrogens with one attached hydrogen (secondary N) is 3. The first-order valence-corrected chi connectivity index (χ1v) is 6.86. The molecule has 3 N–H and O–H groups in total. The summed E-state index contributed by atoms with van der Waals surface area (Å²) >= 11 is 0. The molecule has 1 aliphatic rings. The Morgan fingerprint density at radius 1 is 1.24 bits per heavy atom. The lowest BCUT2D eigenvalue weighted by molar-refractivity contribution is -0.123. The maximum atomic E-state index is 11.9. The van der Waals surface area contributed by atoms with Gasteiger partial charge in [-0.05, 0) is 18.4 Å². The summed E-state index contributed by atoms with van der Waals surface area (Å²) in [7, 11) is 0. The lowest BCUT2D eigenvalue weighted by atomic mass is 10.1. The number of aromatic amines is 1. The Kier molecular flexibility index (Phi) is 3.43. The van der Waals surface area contributed by atoms with Gasteiger partial charge >= 0.3 is 0 Å². The number of nitrogens with zero attached hydrogens (tertiary/aromatic N) is 1. The average Bonchev–Trinajstić information content (AvgIpc) is 3.04. The number of rotatable bonds is 3. The zero-order chi connectivity index (χ0) is 14.8. The molecule has 21 heavy (non-hydrogen) atoms. The molecule has 1 aromatic carbocycles.